The molecule has 0 saturated heterocycles. The molecule has 1 aromatic heterocycles. The van der Waals surface area contributed by atoms with Gasteiger partial charge in [-0.1, -0.05) is 35.9 Å². The van der Waals surface area contributed by atoms with Crippen molar-refractivity contribution in [3.05, 3.63) is 92.3 Å². The molecule has 0 atom stereocenters. The van der Waals surface area contributed by atoms with Crippen LogP contribution in [0.5, 0.6) is 5.75 Å². The number of allylic oxidation sites excluding steroid dienone is 1. The molecule has 3 aromatic carbocycles. The van der Waals surface area contributed by atoms with Gasteiger partial charge < -0.3 is 9.52 Å². The highest BCUT2D eigenvalue weighted by molar-refractivity contribution is 6.15. The van der Waals surface area contributed by atoms with Crippen molar-refractivity contribution < 1.29 is 14.3 Å². The number of rotatable bonds is 5. The van der Waals surface area contributed by atoms with Gasteiger partial charge in [0.15, 0.2) is 5.78 Å². The molecule has 0 spiro atoms. The fourth-order valence-electron chi connectivity index (χ4n) is 4.14. The van der Waals surface area contributed by atoms with E-state index in [-0.39, 0.29) is 17.6 Å². The molecule has 0 fully saturated rings. The van der Waals surface area contributed by atoms with Gasteiger partial charge in [0.05, 0.1) is 0 Å². The number of aliphatic imine (C=N–C) groups is 1. The molecule has 4 rings (SSSR count). The molecule has 34 heavy (non-hydrogen) atoms. The number of carbonyl (C=O) groups excluding carboxylic acids is 1. The van der Waals surface area contributed by atoms with E-state index >= 15 is 0 Å². The minimum atomic E-state index is -0.469. The van der Waals surface area contributed by atoms with Crippen LogP contribution in [0.25, 0.3) is 27.8 Å². The number of phenolic OH excluding ortho intramolecular Hbond substituents is 1. The Bertz CT molecular complexity index is 1550. The summed E-state index contributed by atoms with van der Waals surface area (Å²) in [7, 11) is 0. The Hall–Kier alpha value is -3.99. The van der Waals surface area contributed by atoms with Crippen molar-refractivity contribution in [2.75, 3.05) is 0 Å². The smallest absolute Gasteiger partial charge is 0.336 e. The highest BCUT2D eigenvalue weighted by Crippen LogP contribution is 2.37. The van der Waals surface area contributed by atoms with E-state index in [0.717, 1.165) is 22.1 Å². The largest absolute Gasteiger partial charge is 0.507 e. The Morgan fingerprint density at radius 1 is 0.971 bits per heavy atom. The molecular weight excluding hydrogens is 426 g/mol. The number of aromatic hydroxyl groups is 1. The molecule has 4 aromatic rings. The van der Waals surface area contributed by atoms with Crippen LogP contribution in [-0.2, 0) is 0 Å². The van der Waals surface area contributed by atoms with Crippen LogP contribution in [0.4, 0.5) is 0 Å². The van der Waals surface area contributed by atoms with Crippen LogP contribution in [0, 0.1) is 20.8 Å². The summed E-state index contributed by atoms with van der Waals surface area (Å²) in [6, 6.07) is 12.6. The van der Waals surface area contributed by atoms with Crippen molar-refractivity contribution in [1.82, 2.24) is 0 Å². The van der Waals surface area contributed by atoms with Crippen LogP contribution in [0.2, 0.25) is 0 Å². The number of hydrogen-bond donors (Lipinski definition) is 1. The summed E-state index contributed by atoms with van der Waals surface area (Å²) in [5.41, 5.74) is 4.48. The zero-order valence-corrected chi connectivity index (χ0v) is 20.0. The second kappa shape index (κ2) is 9.10. The number of nitrogens with zero attached hydrogens (tertiary/aromatic N) is 1. The van der Waals surface area contributed by atoms with Crippen LogP contribution < -0.4 is 5.63 Å². The Kier molecular flexibility index (Phi) is 6.20. The Labute approximate surface area is 198 Å². The minimum Gasteiger partial charge on any atom is -0.507 e. The number of hydrogen-bond acceptors (Lipinski definition) is 5. The lowest BCUT2D eigenvalue weighted by molar-refractivity contribution is 0.104. The van der Waals surface area contributed by atoms with Crippen LogP contribution >= 0.6 is 0 Å². The normalized spacial score (nSPS) is 12.1. The average molecular weight is 454 g/mol. The summed E-state index contributed by atoms with van der Waals surface area (Å²) in [6.07, 6.45) is 4.84. The van der Waals surface area contributed by atoms with Crippen LogP contribution in [-0.4, -0.2) is 23.1 Å². The van der Waals surface area contributed by atoms with Gasteiger partial charge in [-0.15, -0.1) is 0 Å². The molecule has 0 bridgehead atoms. The van der Waals surface area contributed by atoms with Crippen molar-refractivity contribution >= 4 is 39.8 Å². The average Bonchev–Trinajstić information content (AvgIpc) is 2.77. The van der Waals surface area contributed by atoms with Crippen molar-refractivity contribution in [1.29, 1.82) is 0 Å². The van der Waals surface area contributed by atoms with Gasteiger partial charge in [0.1, 0.15) is 11.3 Å². The minimum absolute atomic E-state index is 0.0447. The Balaban J connectivity index is 1.98. The molecule has 0 unspecified atom stereocenters. The number of carbonyl (C=O) groups is 1. The van der Waals surface area contributed by atoms with E-state index in [4.69, 9.17) is 4.42 Å². The summed E-state index contributed by atoms with van der Waals surface area (Å²) >= 11 is 0. The SMILES string of the molecule is Cc1ccc(C(=O)/C=C/c2cc(C=NC(C)C)c(O)c3ccc4c(C)cc(=O)oc4c23)c(C)c1. The van der Waals surface area contributed by atoms with Gasteiger partial charge in [-0.05, 0) is 69.5 Å². The maximum absolute atomic E-state index is 13.0. The summed E-state index contributed by atoms with van der Waals surface area (Å²) in [5, 5.41) is 12.9. The van der Waals surface area contributed by atoms with E-state index in [1.165, 1.54) is 12.1 Å². The molecule has 172 valence electrons. The summed E-state index contributed by atoms with van der Waals surface area (Å²) in [4.78, 5) is 29.6. The van der Waals surface area contributed by atoms with E-state index in [0.29, 0.717) is 33.0 Å². The Morgan fingerprint density at radius 2 is 1.71 bits per heavy atom. The number of phenols is 1. The highest BCUT2D eigenvalue weighted by Gasteiger charge is 2.16. The lowest BCUT2D eigenvalue weighted by Crippen LogP contribution is -2.00. The number of aryl methyl sites for hydroxylation is 3. The van der Waals surface area contributed by atoms with E-state index in [9.17, 15) is 14.7 Å². The first-order valence-electron chi connectivity index (χ1n) is 11.2. The third-order valence-electron chi connectivity index (χ3n) is 5.82. The van der Waals surface area contributed by atoms with Crippen LogP contribution in [0.3, 0.4) is 0 Å². The molecular formula is C29H27NO4. The predicted octanol–water partition coefficient (Wildman–Crippen LogP) is 6.30. The highest BCUT2D eigenvalue weighted by atomic mass is 16.4. The molecule has 0 saturated carbocycles. The molecule has 0 aliphatic heterocycles. The molecule has 0 aliphatic rings. The number of ketones is 1. The van der Waals surface area contributed by atoms with Gasteiger partial charge in [0.2, 0.25) is 0 Å². The molecule has 0 amide bonds. The van der Waals surface area contributed by atoms with Crippen molar-refractivity contribution in [3.63, 3.8) is 0 Å². The van der Waals surface area contributed by atoms with Gasteiger partial charge in [-0.3, -0.25) is 9.79 Å². The number of fused-ring (bicyclic) bond motifs is 3. The summed E-state index contributed by atoms with van der Waals surface area (Å²) in [5.74, 6) is -0.0858. The second-order valence-corrected chi connectivity index (χ2v) is 8.90. The third-order valence-corrected chi connectivity index (χ3v) is 5.82. The van der Waals surface area contributed by atoms with Gasteiger partial charge in [-0.2, -0.15) is 0 Å². The first kappa shape index (κ1) is 23.2. The van der Waals surface area contributed by atoms with E-state index in [2.05, 4.69) is 4.99 Å². The first-order chi connectivity index (χ1) is 16.2. The monoisotopic (exact) mass is 453 g/mol. The molecule has 0 radical (unpaired) electrons. The second-order valence-electron chi connectivity index (χ2n) is 8.90. The third kappa shape index (κ3) is 4.42. The van der Waals surface area contributed by atoms with Gasteiger partial charge >= 0.3 is 5.63 Å². The maximum Gasteiger partial charge on any atom is 0.336 e. The lowest BCUT2D eigenvalue weighted by atomic mass is 9.95. The maximum atomic E-state index is 13.0. The predicted molar refractivity (Wildman–Crippen MR) is 138 cm³/mol. The quantitative estimate of drug-likeness (QED) is 0.126. The molecule has 1 heterocycles. The fourth-order valence-corrected chi connectivity index (χ4v) is 4.14. The van der Waals surface area contributed by atoms with Gasteiger partial charge in [-0.25, -0.2) is 4.79 Å². The van der Waals surface area contributed by atoms with Crippen molar-refractivity contribution in [3.8, 4) is 5.75 Å². The molecule has 0 aliphatic carbocycles. The molecule has 5 nitrogen and oxygen atoms in total. The summed E-state index contributed by atoms with van der Waals surface area (Å²) in [6.45, 7) is 9.63. The van der Waals surface area contributed by atoms with Gasteiger partial charge in [0.25, 0.3) is 0 Å². The zero-order valence-electron chi connectivity index (χ0n) is 20.0. The van der Waals surface area contributed by atoms with E-state index < -0.39 is 5.63 Å². The van der Waals surface area contributed by atoms with Crippen LogP contribution in [0.15, 0.2) is 62.7 Å². The fraction of sp³-hybridized carbons (Fsp3) is 0.207. The topological polar surface area (TPSA) is 79.9 Å². The molecule has 5 heteroatoms. The summed E-state index contributed by atoms with van der Waals surface area (Å²) < 4.78 is 5.59. The standard InChI is InChI=1S/C29H27NO4/c1-16(2)30-15-21-14-20(7-11-25(31)22-8-6-17(3)12-18(22)4)27-24(28(21)33)10-9-23-19(5)13-26(32)34-29(23)27/h6-16,33H,1-5H3/b11-7+,30-15?. The van der Waals surface area contributed by atoms with Crippen LogP contribution in [0.1, 0.15) is 52.0 Å². The molecule has 1 N–H and O–H groups in total. The lowest BCUT2D eigenvalue weighted by Gasteiger charge is -2.12. The Morgan fingerprint density at radius 3 is 2.41 bits per heavy atom. The van der Waals surface area contributed by atoms with E-state index in [1.54, 1.807) is 24.4 Å². The van der Waals surface area contributed by atoms with Gasteiger partial charge in [0, 0.05) is 45.6 Å². The zero-order chi connectivity index (χ0) is 24.6. The van der Waals surface area contributed by atoms with E-state index in [1.807, 2.05) is 58.9 Å². The first-order valence-corrected chi connectivity index (χ1v) is 11.2. The number of benzene rings is 3. The van der Waals surface area contributed by atoms with Crippen molar-refractivity contribution in [2.24, 2.45) is 4.99 Å². The van der Waals surface area contributed by atoms with Crippen molar-refractivity contribution in [2.45, 2.75) is 40.7 Å².